The molecule has 0 unspecified atom stereocenters. The topological polar surface area (TPSA) is 69.6 Å². The standard InChI is InChI=1S/C11H15NO3/c1-11(2,12-10(14)15)7-8-3-5-9(13)6-4-8/h3-6,12-13H,7H2,1-2H3,(H,14,15). The van der Waals surface area contributed by atoms with Crippen LogP contribution in [0.5, 0.6) is 5.75 Å². The van der Waals surface area contributed by atoms with Gasteiger partial charge in [0.2, 0.25) is 0 Å². The molecule has 82 valence electrons. The highest BCUT2D eigenvalue weighted by atomic mass is 16.4. The minimum Gasteiger partial charge on any atom is -0.508 e. The van der Waals surface area contributed by atoms with Crippen molar-refractivity contribution in [3.63, 3.8) is 0 Å². The van der Waals surface area contributed by atoms with E-state index in [1.54, 1.807) is 24.3 Å². The first kappa shape index (κ1) is 11.4. The van der Waals surface area contributed by atoms with Crippen molar-refractivity contribution in [3.8, 4) is 5.75 Å². The largest absolute Gasteiger partial charge is 0.508 e. The molecule has 1 amide bonds. The van der Waals surface area contributed by atoms with E-state index in [0.29, 0.717) is 6.42 Å². The summed E-state index contributed by atoms with van der Waals surface area (Å²) < 4.78 is 0. The summed E-state index contributed by atoms with van der Waals surface area (Å²) in [5, 5.41) is 20.1. The molecule has 0 atom stereocenters. The second-order valence-electron chi connectivity index (χ2n) is 4.16. The van der Waals surface area contributed by atoms with Gasteiger partial charge in [0.15, 0.2) is 0 Å². The summed E-state index contributed by atoms with van der Waals surface area (Å²) in [5.74, 6) is 0.211. The zero-order valence-corrected chi connectivity index (χ0v) is 8.82. The Labute approximate surface area is 88.6 Å². The summed E-state index contributed by atoms with van der Waals surface area (Å²) in [6.45, 7) is 3.63. The van der Waals surface area contributed by atoms with E-state index in [1.807, 2.05) is 13.8 Å². The molecule has 3 N–H and O–H groups in total. The van der Waals surface area contributed by atoms with E-state index >= 15 is 0 Å². The van der Waals surface area contributed by atoms with Crippen molar-refractivity contribution >= 4 is 6.09 Å². The van der Waals surface area contributed by atoms with Gasteiger partial charge >= 0.3 is 6.09 Å². The SMILES string of the molecule is CC(C)(Cc1ccc(O)cc1)NC(=O)O. The minimum atomic E-state index is -1.03. The predicted molar refractivity (Wildman–Crippen MR) is 57.1 cm³/mol. The predicted octanol–water partition coefficient (Wildman–Crippen LogP) is 1.98. The van der Waals surface area contributed by atoms with Gasteiger partial charge < -0.3 is 15.5 Å². The van der Waals surface area contributed by atoms with Crippen LogP contribution in [-0.2, 0) is 6.42 Å². The van der Waals surface area contributed by atoms with Crippen LogP contribution in [-0.4, -0.2) is 21.8 Å². The second-order valence-corrected chi connectivity index (χ2v) is 4.16. The Hall–Kier alpha value is -1.71. The van der Waals surface area contributed by atoms with Crippen molar-refractivity contribution in [2.75, 3.05) is 0 Å². The Bertz CT molecular complexity index is 343. The second kappa shape index (κ2) is 4.21. The monoisotopic (exact) mass is 209 g/mol. The van der Waals surface area contributed by atoms with Crippen molar-refractivity contribution in [3.05, 3.63) is 29.8 Å². The van der Waals surface area contributed by atoms with Crippen LogP contribution in [0.2, 0.25) is 0 Å². The number of carboxylic acid groups (broad SMARTS) is 1. The van der Waals surface area contributed by atoms with Gasteiger partial charge in [-0.05, 0) is 38.0 Å². The number of phenolic OH excluding ortho intramolecular Hbond substituents is 1. The number of rotatable bonds is 3. The van der Waals surface area contributed by atoms with Crippen LogP contribution in [0.3, 0.4) is 0 Å². The summed E-state index contributed by atoms with van der Waals surface area (Å²) in [4.78, 5) is 10.5. The molecule has 0 bridgehead atoms. The first-order valence-corrected chi connectivity index (χ1v) is 4.68. The number of hydrogen-bond donors (Lipinski definition) is 3. The molecule has 1 aromatic rings. The molecule has 0 aliphatic rings. The average molecular weight is 209 g/mol. The van der Waals surface area contributed by atoms with Crippen LogP contribution in [0.1, 0.15) is 19.4 Å². The van der Waals surface area contributed by atoms with E-state index in [1.165, 1.54) is 0 Å². The molecule has 4 nitrogen and oxygen atoms in total. The van der Waals surface area contributed by atoms with Gasteiger partial charge in [-0.3, -0.25) is 0 Å². The highest BCUT2D eigenvalue weighted by molar-refractivity contribution is 5.65. The first-order chi connectivity index (χ1) is 6.89. The molecule has 0 aliphatic heterocycles. The zero-order chi connectivity index (χ0) is 11.5. The molecule has 0 heterocycles. The Morgan fingerprint density at radius 3 is 2.33 bits per heavy atom. The maximum Gasteiger partial charge on any atom is 0.405 e. The molecular formula is C11H15NO3. The minimum absolute atomic E-state index is 0.211. The third-order valence-electron chi connectivity index (χ3n) is 2.03. The number of carbonyl (C=O) groups is 1. The average Bonchev–Trinajstić information content (AvgIpc) is 2.06. The number of benzene rings is 1. The van der Waals surface area contributed by atoms with Crippen LogP contribution in [0.15, 0.2) is 24.3 Å². The Balaban J connectivity index is 2.68. The van der Waals surface area contributed by atoms with Gasteiger partial charge in [-0.1, -0.05) is 12.1 Å². The van der Waals surface area contributed by atoms with Gasteiger partial charge in [0, 0.05) is 5.54 Å². The van der Waals surface area contributed by atoms with Crippen LogP contribution < -0.4 is 5.32 Å². The van der Waals surface area contributed by atoms with Crippen molar-refractivity contribution in [2.45, 2.75) is 25.8 Å². The van der Waals surface area contributed by atoms with Gasteiger partial charge in [-0.15, -0.1) is 0 Å². The summed E-state index contributed by atoms with van der Waals surface area (Å²) in [6.07, 6.45) is -0.446. The lowest BCUT2D eigenvalue weighted by Crippen LogP contribution is -2.44. The fourth-order valence-corrected chi connectivity index (χ4v) is 1.46. The van der Waals surface area contributed by atoms with Gasteiger partial charge in [0.05, 0.1) is 0 Å². The molecule has 0 saturated carbocycles. The molecule has 0 radical (unpaired) electrons. The molecular weight excluding hydrogens is 194 g/mol. The fraction of sp³-hybridized carbons (Fsp3) is 0.364. The van der Waals surface area contributed by atoms with E-state index in [-0.39, 0.29) is 5.75 Å². The Morgan fingerprint density at radius 2 is 1.87 bits per heavy atom. The number of hydrogen-bond acceptors (Lipinski definition) is 2. The lowest BCUT2D eigenvalue weighted by Gasteiger charge is -2.24. The Kier molecular flexibility index (Phi) is 3.19. The van der Waals surface area contributed by atoms with Crippen molar-refractivity contribution in [1.29, 1.82) is 0 Å². The molecule has 0 spiro atoms. The van der Waals surface area contributed by atoms with Gasteiger partial charge in [-0.2, -0.15) is 0 Å². The van der Waals surface area contributed by atoms with E-state index in [0.717, 1.165) is 5.56 Å². The first-order valence-electron chi connectivity index (χ1n) is 4.68. The maximum absolute atomic E-state index is 10.5. The highest BCUT2D eigenvalue weighted by Gasteiger charge is 2.20. The maximum atomic E-state index is 10.5. The molecule has 1 aromatic carbocycles. The third kappa shape index (κ3) is 3.89. The van der Waals surface area contributed by atoms with E-state index in [4.69, 9.17) is 10.2 Å². The summed E-state index contributed by atoms with van der Waals surface area (Å²) in [5.41, 5.74) is 0.467. The number of aromatic hydroxyl groups is 1. The van der Waals surface area contributed by atoms with Crippen molar-refractivity contribution in [1.82, 2.24) is 5.32 Å². The molecule has 0 fully saturated rings. The van der Waals surface area contributed by atoms with Crippen LogP contribution in [0, 0.1) is 0 Å². The molecule has 0 saturated heterocycles. The van der Waals surface area contributed by atoms with Crippen molar-refractivity contribution < 1.29 is 15.0 Å². The molecule has 1 rings (SSSR count). The van der Waals surface area contributed by atoms with E-state index < -0.39 is 11.6 Å². The normalized spacial score (nSPS) is 11.1. The smallest absolute Gasteiger partial charge is 0.405 e. The lowest BCUT2D eigenvalue weighted by molar-refractivity contribution is 0.182. The molecule has 15 heavy (non-hydrogen) atoms. The molecule has 0 aromatic heterocycles. The summed E-state index contributed by atoms with van der Waals surface area (Å²) >= 11 is 0. The van der Waals surface area contributed by atoms with Gasteiger partial charge in [0.1, 0.15) is 5.75 Å². The lowest BCUT2D eigenvalue weighted by atomic mass is 9.95. The zero-order valence-electron chi connectivity index (χ0n) is 8.82. The summed E-state index contributed by atoms with van der Waals surface area (Å²) in [6, 6.07) is 6.74. The number of phenols is 1. The quantitative estimate of drug-likeness (QED) is 0.713. The van der Waals surface area contributed by atoms with Gasteiger partial charge in [-0.25, -0.2) is 4.79 Å². The highest BCUT2D eigenvalue weighted by Crippen LogP contribution is 2.15. The molecule has 0 aliphatic carbocycles. The van der Waals surface area contributed by atoms with E-state index in [9.17, 15) is 4.79 Å². The van der Waals surface area contributed by atoms with Gasteiger partial charge in [0.25, 0.3) is 0 Å². The Morgan fingerprint density at radius 1 is 1.33 bits per heavy atom. The fourth-order valence-electron chi connectivity index (χ4n) is 1.46. The van der Waals surface area contributed by atoms with Crippen LogP contribution >= 0.6 is 0 Å². The van der Waals surface area contributed by atoms with Crippen LogP contribution in [0.25, 0.3) is 0 Å². The number of amides is 1. The van der Waals surface area contributed by atoms with E-state index in [2.05, 4.69) is 5.32 Å². The van der Waals surface area contributed by atoms with Crippen LogP contribution in [0.4, 0.5) is 4.79 Å². The number of nitrogens with one attached hydrogen (secondary N) is 1. The summed E-state index contributed by atoms with van der Waals surface area (Å²) in [7, 11) is 0. The molecule has 4 heteroatoms. The third-order valence-corrected chi connectivity index (χ3v) is 2.03. The van der Waals surface area contributed by atoms with Crippen molar-refractivity contribution in [2.24, 2.45) is 0 Å².